The maximum atomic E-state index is 11.2. The lowest BCUT2D eigenvalue weighted by Crippen LogP contribution is -2.05. The summed E-state index contributed by atoms with van der Waals surface area (Å²) in [6.45, 7) is 1.69. The van der Waals surface area contributed by atoms with Gasteiger partial charge in [-0.3, -0.25) is 10.1 Å². The van der Waals surface area contributed by atoms with Crippen molar-refractivity contribution in [3.63, 3.8) is 0 Å². The van der Waals surface area contributed by atoms with Crippen LogP contribution in [0.4, 0.5) is 5.69 Å². The molecular formula is C20H17NO3. The molecule has 1 atom stereocenters. The summed E-state index contributed by atoms with van der Waals surface area (Å²) in [4.78, 5) is 10.8. The molecular weight excluding hydrogens is 302 g/mol. The molecule has 0 unspecified atom stereocenters. The fourth-order valence-corrected chi connectivity index (χ4v) is 3.81. The zero-order valence-electron chi connectivity index (χ0n) is 13.3. The number of nitro benzene ring substituents is 1. The molecule has 4 heteroatoms. The van der Waals surface area contributed by atoms with Crippen molar-refractivity contribution in [1.29, 1.82) is 0 Å². The quantitative estimate of drug-likeness (QED) is 0.580. The maximum absolute atomic E-state index is 11.2. The monoisotopic (exact) mass is 319 g/mol. The molecule has 0 fully saturated rings. The van der Waals surface area contributed by atoms with Crippen LogP contribution in [0.2, 0.25) is 0 Å². The van der Waals surface area contributed by atoms with Crippen molar-refractivity contribution in [1.82, 2.24) is 0 Å². The molecule has 0 saturated heterocycles. The minimum Gasteiger partial charge on any atom is -0.384 e. The lowest BCUT2D eigenvalue weighted by molar-refractivity contribution is -0.385. The summed E-state index contributed by atoms with van der Waals surface area (Å²) >= 11 is 0. The van der Waals surface area contributed by atoms with Crippen LogP contribution in [0.3, 0.4) is 0 Å². The Balaban J connectivity index is 1.91. The van der Waals surface area contributed by atoms with E-state index < -0.39 is 11.0 Å². The van der Waals surface area contributed by atoms with Crippen molar-refractivity contribution in [2.24, 2.45) is 0 Å². The van der Waals surface area contributed by atoms with Crippen LogP contribution in [0.25, 0.3) is 10.8 Å². The maximum Gasteiger partial charge on any atom is 0.272 e. The van der Waals surface area contributed by atoms with Gasteiger partial charge in [-0.05, 0) is 52.8 Å². The molecule has 120 valence electrons. The van der Waals surface area contributed by atoms with Gasteiger partial charge in [-0.2, -0.15) is 0 Å². The minimum atomic E-state index is -0.880. The van der Waals surface area contributed by atoms with Gasteiger partial charge < -0.3 is 5.11 Å². The first kappa shape index (κ1) is 14.8. The Bertz CT molecular complexity index is 968. The molecule has 3 aromatic rings. The fourth-order valence-electron chi connectivity index (χ4n) is 3.81. The Morgan fingerprint density at radius 2 is 1.71 bits per heavy atom. The van der Waals surface area contributed by atoms with E-state index in [1.165, 1.54) is 22.6 Å². The molecule has 0 radical (unpaired) electrons. The standard InChI is InChI=1S/C20H17NO3/c1-12-15(5-3-7-18(12)21(23)24)20(22)17-11-10-14-9-8-13-4-2-6-16(17)19(13)14/h2-7,10-11,20,22H,8-9H2,1H3/t20-/m0/s1. The van der Waals surface area contributed by atoms with Gasteiger partial charge >= 0.3 is 0 Å². The molecule has 3 aromatic carbocycles. The van der Waals surface area contributed by atoms with Gasteiger partial charge in [0.15, 0.2) is 0 Å². The van der Waals surface area contributed by atoms with E-state index in [-0.39, 0.29) is 5.69 Å². The van der Waals surface area contributed by atoms with E-state index in [1.807, 2.05) is 18.2 Å². The van der Waals surface area contributed by atoms with Gasteiger partial charge in [0, 0.05) is 11.6 Å². The summed E-state index contributed by atoms with van der Waals surface area (Å²) in [5.41, 5.74) is 4.57. The van der Waals surface area contributed by atoms with Crippen LogP contribution in [0, 0.1) is 17.0 Å². The predicted molar refractivity (Wildman–Crippen MR) is 93.3 cm³/mol. The van der Waals surface area contributed by atoms with E-state index in [4.69, 9.17) is 0 Å². The number of rotatable bonds is 3. The Morgan fingerprint density at radius 3 is 2.46 bits per heavy atom. The number of aliphatic hydroxyl groups excluding tert-OH is 1. The highest BCUT2D eigenvalue weighted by molar-refractivity contribution is 5.93. The van der Waals surface area contributed by atoms with Crippen molar-refractivity contribution in [3.8, 4) is 0 Å². The average molecular weight is 319 g/mol. The van der Waals surface area contributed by atoms with Crippen molar-refractivity contribution in [2.45, 2.75) is 25.9 Å². The third kappa shape index (κ3) is 2.11. The average Bonchev–Trinajstić information content (AvgIpc) is 3.00. The molecule has 0 saturated carbocycles. The summed E-state index contributed by atoms with van der Waals surface area (Å²) < 4.78 is 0. The molecule has 0 heterocycles. The van der Waals surface area contributed by atoms with Crippen LogP contribution in [-0.2, 0) is 12.8 Å². The summed E-state index contributed by atoms with van der Waals surface area (Å²) in [6.07, 6.45) is 1.18. The number of nitrogens with zero attached hydrogens (tertiary/aromatic N) is 1. The fraction of sp³-hybridized carbons (Fsp3) is 0.200. The molecule has 0 aliphatic heterocycles. The largest absolute Gasteiger partial charge is 0.384 e. The predicted octanol–water partition coefficient (Wildman–Crippen LogP) is 4.24. The highest BCUT2D eigenvalue weighted by Gasteiger charge is 2.23. The number of hydrogen-bond acceptors (Lipinski definition) is 3. The Hall–Kier alpha value is -2.72. The lowest BCUT2D eigenvalue weighted by Gasteiger charge is -2.17. The Kier molecular flexibility index (Phi) is 3.36. The number of hydrogen-bond donors (Lipinski definition) is 1. The third-order valence-electron chi connectivity index (χ3n) is 5.04. The van der Waals surface area contributed by atoms with Crippen LogP contribution in [0.1, 0.15) is 33.9 Å². The normalized spacial score (nSPS) is 14.1. The van der Waals surface area contributed by atoms with Gasteiger partial charge in [-0.25, -0.2) is 0 Å². The second-order valence-corrected chi connectivity index (χ2v) is 6.30. The van der Waals surface area contributed by atoms with E-state index in [2.05, 4.69) is 12.1 Å². The molecule has 1 N–H and O–H groups in total. The molecule has 0 aromatic heterocycles. The third-order valence-corrected chi connectivity index (χ3v) is 5.04. The van der Waals surface area contributed by atoms with Crippen LogP contribution in [0.5, 0.6) is 0 Å². The van der Waals surface area contributed by atoms with Crippen molar-refractivity contribution >= 4 is 16.5 Å². The SMILES string of the molecule is Cc1c([C@H](O)c2ccc3c4c(cccc24)CC3)cccc1[N+](=O)[O-]. The van der Waals surface area contributed by atoms with E-state index in [0.717, 1.165) is 23.8 Å². The molecule has 0 spiro atoms. The number of aliphatic hydroxyl groups is 1. The first-order valence-electron chi connectivity index (χ1n) is 8.03. The van der Waals surface area contributed by atoms with Crippen LogP contribution in [-0.4, -0.2) is 10.0 Å². The van der Waals surface area contributed by atoms with Crippen molar-refractivity contribution in [3.05, 3.63) is 86.5 Å². The Labute approximate surface area is 139 Å². The molecule has 1 aliphatic rings. The van der Waals surface area contributed by atoms with Crippen molar-refractivity contribution in [2.75, 3.05) is 0 Å². The summed E-state index contributed by atoms with van der Waals surface area (Å²) in [6, 6.07) is 15.1. The van der Waals surface area contributed by atoms with Gasteiger partial charge in [0.2, 0.25) is 0 Å². The van der Waals surface area contributed by atoms with E-state index in [1.54, 1.807) is 19.1 Å². The summed E-state index contributed by atoms with van der Waals surface area (Å²) in [7, 11) is 0. The molecule has 1 aliphatic carbocycles. The minimum absolute atomic E-state index is 0.0393. The van der Waals surface area contributed by atoms with Crippen LogP contribution >= 0.6 is 0 Å². The lowest BCUT2D eigenvalue weighted by atomic mass is 9.91. The summed E-state index contributed by atoms with van der Waals surface area (Å²) in [5.74, 6) is 0. The van der Waals surface area contributed by atoms with Gasteiger partial charge in [0.1, 0.15) is 6.10 Å². The zero-order chi connectivity index (χ0) is 16.8. The van der Waals surface area contributed by atoms with Gasteiger partial charge in [-0.15, -0.1) is 0 Å². The highest BCUT2D eigenvalue weighted by Crippen LogP contribution is 2.38. The number of aryl methyl sites for hydroxylation is 2. The second-order valence-electron chi connectivity index (χ2n) is 6.30. The molecule has 4 nitrogen and oxygen atoms in total. The van der Waals surface area contributed by atoms with Crippen LogP contribution in [0.15, 0.2) is 48.5 Å². The van der Waals surface area contributed by atoms with E-state index in [9.17, 15) is 15.2 Å². The van der Waals surface area contributed by atoms with E-state index >= 15 is 0 Å². The molecule has 4 rings (SSSR count). The molecule has 0 amide bonds. The number of benzene rings is 3. The van der Waals surface area contributed by atoms with Crippen LogP contribution < -0.4 is 0 Å². The van der Waals surface area contributed by atoms with Gasteiger partial charge in [0.05, 0.1) is 4.92 Å². The second kappa shape index (κ2) is 5.42. The van der Waals surface area contributed by atoms with Gasteiger partial charge in [0.25, 0.3) is 5.69 Å². The van der Waals surface area contributed by atoms with Gasteiger partial charge in [-0.1, -0.05) is 42.5 Å². The smallest absolute Gasteiger partial charge is 0.272 e. The van der Waals surface area contributed by atoms with Crippen molar-refractivity contribution < 1.29 is 10.0 Å². The highest BCUT2D eigenvalue weighted by atomic mass is 16.6. The Morgan fingerprint density at radius 1 is 1.00 bits per heavy atom. The summed E-state index contributed by atoms with van der Waals surface area (Å²) in [5, 5.41) is 24.4. The molecule has 24 heavy (non-hydrogen) atoms. The topological polar surface area (TPSA) is 63.4 Å². The van der Waals surface area contributed by atoms with E-state index in [0.29, 0.717) is 11.1 Å². The zero-order valence-corrected chi connectivity index (χ0v) is 13.3. The molecule has 0 bridgehead atoms. The first-order valence-corrected chi connectivity index (χ1v) is 8.03. The first-order chi connectivity index (χ1) is 11.6. The number of nitro groups is 1.